The third kappa shape index (κ3) is 3.43. The van der Waals surface area contributed by atoms with Crippen LogP contribution in [-0.4, -0.2) is 15.7 Å². The van der Waals surface area contributed by atoms with Gasteiger partial charge in [-0.25, -0.2) is 8.78 Å². The van der Waals surface area contributed by atoms with E-state index in [0.717, 1.165) is 12.1 Å². The lowest BCUT2D eigenvalue weighted by molar-refractivity contribution is -0.123. The summed E-state index contributed by atoms with van der Waals surface area (Å²) in [7, 11) is 1.72. The molecule has 21 heavy (non-hydrogen) atoms. The smallest absolute Gasteiger partial charge is 0.242 e. The van der Waals surface area contributed by atoms with Gasteiger partial charge in [-0.2, -0.15) is 5.10 Å². The van der Waals surface area contributed by atoms with Gasteiger partial charge in [-0.1, -0.05) is 6.07 Å². The molecule has 0 aliphatic carbocycles. The van der Waals surface area contributed by atoms with Crippen LogP contribution in [0.5, 0.6) is 0 Å². The number of nitrogens with one attached hydrogen (secondary N) is 1. The monoisotopic (exact) mass is 294 g/mol. The third-order valence-electron chi connectivity index (χ3n) is 3.17. The van der Waals surface area contributed by atoms with E-state index in [1.165, 1.54) is 12.3 Å². The highest BCUT2D eigenvalue weighted by Crippen LogP contribution is 2.17. The Balaban J connectivity index is 2.06. The van der Waals surface area contributed by atoms with Crippen LogP contribution in [0.3, 0.4) is 0 Å². The number of benzene rings is 1. The van der Waals surface area contributed by atoms with Crippen molar-refractivity contribution < 1.29 is 13.6 Å². The molecule has 1 aromatic heterocycles. The molecule has 0 aliphatic heterocycles. The first kappa shape index (κ1) is 15.1. The van der Waals surface area contributed by atoms with Crippen LogP contribution in [0.25, 0.3) is 0 Å². The van der Waals surface area contributed by atoms with Gasteiger partial charge in [-0.15, -0.1) is 0 Å². The molecule has 1 heterocycles. The molecule has 2 unspecified atom stereocenters. The first-order valence-electron chi connectivity index (χ1n) is 6.38. The summed E-state index contributed by atoms with van der Waals surface area (Å²) < 4.78 is 27.6. The summed E-state index contributed by atoms with van der Waals surface area (Å²) in [4.78, 5) is 12.0. The van der Waals surface area contributed by atoms with Crippen LogP contribution in [0.15, 0.2) is 30.6 Å². The number of hydrogen-bond acceptors (Lipinski definition) is 3. The van der Waals surface area contributed by atoms with Crippen molar-refractivity contribution in [3.63, 3.8) is 0 Å². The van der Waals surface area contributed by atoms with Gasteiger partial charge in [0.05, 0.1) is 12.2 Å². The van der Waals surface area contributed by atoms with E-state index in [1.807, 2.05) is 0 Å². The van der Waals surface area contributed by atoms with Gasteiger partial charge in [0.2, 0.25) is 5.91 Å². The fraction of sp³-hybridized carbons (Fsp3) is 0.286. The molecule has 1 amide bonds. The maximum absolute atomic E-state index is 13.2. The molecule has 2 rings (SSSR count). The van der Waals surface area contributed by atoms with Gasteiger partial charge >= 0.3 is 0 Å². The van der Waals surface area contributed by atoms with Crippen LogP contribution in [-0.2, 0) is 11.8 Å². The molecule has 2 atom stereocenters. The topological polar surface area (TPSA) is 72.9 Å². The summed E-state index contributed by atoms with van der Waals surface area (Å²) in [5.74, 6) is -2.30. The highest BCUT2D eigenvalue weighted by molar-refractivity contribution is 5.83. The largest absolute Gasteiger partial charge is 0.348 e. The minimum Gasteiger partial charge on any atom is -0.348 e. The molecular formula is C14H16F2N4O. The maximum Gasteiger partial charge on any atom is 0.242 e. The Hall–Kier alpha value is -2.28. The Morgan fingerprint density at radius 2 is 2.05 bits per heavy atom. The highest BCUT2D eigenvalue weighted by Gasteiger charge is 2.20. The van der Waals surface area contributed by atoms with Gasteiger partial charge in [0.15, 0.2) is 11.6 Å². The van der Waals surface area contributed by atoms with Gasteiger partial charge in [-0.05, 0) is 24.6 Å². The van der Waals surface area contributed by atoms with Crippen LogP contribution in [0.4, 0.5) is 8.78 Å². The van der Waals surface area contributed by atoms with E-state index in [1.54, 1.807) is 24.9 Å². The second-order valence-electron chi connectivity index (χ2n) is 4.83. The Bertz CT molecular complexity index is 656. The molecule has 5 nitrogen and oxygen atoms in total. The molecule has 1 aromatic carbocycles. The second kappa shape index (κ2) is 6.01. The quantitative estimate of drug-likeness (QED) is 0.899. The average molecular weight is 294 g/mol. The molecule has 0 spiro atoms. The zero-order valence-corrected chi connectivity index (χ0v) is 11.7. The number of nitrogens with zero attached hydrogens (tertiary/aromatic N) is 2. The van der Waals surface area contributed by atoms with Gasteiger partial charge in [-0.3, -0.25) is 9.48 Å². The molecule has 2 aromatic rings. The molecule has 0 fully saturated rings. The van der Waals surface area contributed by atoms with Crippen LogP contribution >= 0.6 is 0 Å². The van der Waals surface area contributed by atoms with Gasteiger partial charge in [0.1, 0.15) is 6.04 Å². The SMILES string of the molecule is CC(NC(=O)C(N)c1cnn(C)c1)c1ccc(F)c(F)c1. The van der Waals surface area contributed by atoms with Gasteiger partial charge < -0.3 is 11.1 Å². The Kier molecular flexibility index (Phi) is 4.32. The molecule has 112 valence electrons. The van der Waals surface area contributed by atoms with E-state index >= 15 is 0 Å². The summed E-state index contributed by atoms with van der Waals surface area (Å²) in [5, 5.41) is 6.60. The van der Waals surface area contributed by atoms with Gasteiger partial charge in [0.25, 0.3) is 0 Å². The average Bonchev–Trinajstić information content (AvgIpc) is 2.87. The number of carbonyl (C=O) groups excluding carboxylic acids is 1. The number of carbonyl (C=O) groups is 1. The van der Waals surface area contributed by atoms with Crippen LogP contribution in [0.1, 0.15) is 30.1 Å². The van der Waals surface area contributed by atoms with Crippen molar-refractivity contribution in [2.45, 2.75) is 19.0 Å². The number of halogens is 2. The summed E-state index contributed by atoms with van der Waals surface area (Å²) in [6.45, 7) is 1.67. The molecule has 0 bridgehead atoms. The molecule has 0 radical (unpaired) electrons. The second-order valence-corrected chi connectivity index (χ2v) is 4.83. The first-order valence-corrected chi connectivity index (χ1v) is 6.38. The number of amides is 1. The van der Waals surface area contributed by atoms with E-state index < -0.39 is 29.6 Å². The zero-order chi connectivity index (χ0) is 15.6. The van der Waals surface area contributed by atoms with Crippen molar-refractivity contribution in [3.05, 3.63) is 53.4 Å². The molecule has 0 saturated carbocycles. The van der Waals surface area contributed by atoms with E-state index in [2.05, 4.69) is 10.4 Å². The number of aromatic nitrogens is 2. The molecular weight excluding hydrogens is 278 g/mol. The minimum atomic E-state index is -0.954. The fourth-order valence-electron chi connectivity index (χ4n) is 1.92. The van der Waals surface area contributed by atoms with E-state index in [9.17, 15) is 13.6 Å². The van der Waals surface area contributed by atoms with E-state index in [0.29, 0.717) is 11.1 Å². The summed E-state index contributed by atoms with van der Waals surface area (Å²) >= 11 is 0. The highest BCUT2D eigenvalue weighted by atomic mass is 19.2. The fourth-order valence-corrected chi connectivity index (χ4v) is 1.92. The van der Waals surface area contributed by atoms with Crippen molar-refractivity contribution >= 4 is 5.91 Å². The van der Waals surface area contributed by atoms with Gasteiger partial charge in [0, 0.05) is 18.8 Å². The first-order chi connectivity index (χ1) is 9.88. The summed E-state index contributed by atoms with van der Waals surface area (Å²) in [6, 6.07) is 2.13. The van der Waals surface area contributed by atoms with Crippen molar-refractivity contribution in [2.75, 3.05) is 0 Å². The molecule has 0 aliphatic rings. The maximum atomic E-state index is 13.2. The summed E-state index contributed by atoms with van der Waals surface area (Å²) in [5.41, 5.74) is 6.87. The lowest BCUT2D eigenvalue weighted by Gasteiger charge is -2.17. The number of hydrogen-bond donors (Lipinski definition) is 2. The molecule has 7 heteroatoms. The Morgan fingerprint density at radius 3 is 2.62 bits per heavy atom. The molecule has 0 saturated heterocycles. The Morgan fingerprint density at radius 1 is 1.33 bits per heavy atom. The lowest BCUT2D eigenvalue weighted by atomic mass is 10.1. The zero-order valence-electron chi connectivity index (χ0n) is 11.7. The van der Waals surface area contributed by atoms with Crippen LogP contribution < -0.4 is 11.1 Å². The van der Waals surface area contributed by atoms with E-state index in [-0.39, 0.29) is 0 Å². The number of aryl methyl sites for hydroxylation is 1. The minimum absolute atomic E-state index is 0.416. The predicted octanol–water partition coefficient (Wildman–Crippen LogP) is 1.58. The van der Waals surface area contributed by atoms with Crippen molar-refractivity contribution in [2.24, 2.45) is 12.8 Å². The van der Waals surface area contributed by atoms with Crippen molar-refractivity contribution in [1.29, 1.82) is 0 Å². The number of rotatable bonds is 4. The van der Waals surface area contributed by atoms with Crippen LogP contribution in [0.2, 0.25) is 0 Å². The standard InChI is InChI=1S/C14H16F2N4O/c1-8(9-3-4-11(15)12(16)5-9)19-14(21)13(17)10-6-18-20(2)7-10/h3-8,13H,17H2,1-2H3,(H,19,21). The van der Waals surface area contributed by atoms with E-state index in [4.69, 9.17) is 5.73 Å². The lowest BCUT2D eigenvalue weighted by Crippen LogP contribution is -2.35. The third-order valence-corrected chi connectivity index (χ3v) is 3.17. The van der Waals surface area contributed by atoms with Crippen molar-refractivity contribution in [3.8, 4) is 0 Å². The normalized spacial score (nSPS) is 13.8. The number of nitrogens with two attached hydrogens (primary N) is 1. The molecule has 3 N–H and O–H groups in total. The van der Waals surface area contributed by atoms with Crippen molar-refractivity contribution in [1.82, 2.24) is 15.1 Å². The Labute approximate surface area is 120 Å². The summed E-state index contributed by atoms with van der Waals surface area (Å²) in [6.07, 6.45) is 3.15. The van der Waals surface area contributed by atoms with Crippen LogP contribution in [0, 0.1) is 11.6 Å². The predicted molar refractivity (Wildman–Crippen MR) is 73.1 cm³/mol.